The van der Waals surface area contributed by atoms with E-state index in [2.05, 4.69) is 11.9 Å². The molecule has 0 unspecified atom stereocenters. The second-order valence-corrected chi connectivity index (χ2v) is 8.12. The van der Waals surface area contributed by atoms with Crippen molar-refractivity contribution in [2.75, 3.05) is 13.1 Å². The van der Waals surface area contributed by atoms with Gasteiger partial charge in [0, 0.05) is 24.2 Å². The fourth-order valence-electron chi connectivity index (χ4n) is 3.26. The predicted octanol–water partition coefficient (Wildman–Crippen LogP) is 6.33. The molecule has 0 N–H and O–H groups in total. The molecular weight excluding hydrogens is 407 g/mol. The van der Waals surface area contributed by atoms with Crippen LogP contribution >= 0.6 is 34.8 Å². The number of fused-ring (bicyclic) bond motifs is 1. The topological polar surface area (TPSA) is 46.3 Å². The van der Waals surface area contributed by atoms with Crippen LogP contribution in [0.15, 0.2) is 34.7 Å². The van der Waals surface area contributed by atoms with Crippen molar-refractivity contribution < 1.29 is 9.21 Å². The molecule has 4 rings (SSSR count). The summed E-state index contributed by atoms with van der Waals surface area (Å²) in [6.45, 7) is 3.81. The molecule has 1 aliphatic heterocycles. The number of halogens is 3. The van der Waals surface area contributed by atoms with Gasteiger partial charge in [-0.3, -0.25) is 4.79 Å². The van der Waals surface area contributed by atoms with Crippen molar-refractivity contribution in [2.24, 2.45) is 5.92 Å². The standard InChI is InChI=1S/C20H17Cl3N2O2/c1-11-4-6-25(7-5-11)20(26)12-2-3-17-16(10-12)24-19(27-17)13-8-14(21)18(23)15(22)9-13/h2-3,8-11H,4-7H2,1H3. The van der Waals surface area contributed by atoms with Gasteiger partial charge in [0.15, 0.2) is 5.58 Å². The first-order chi connectivity index (χ1) is 12.9. The summed E-state index contributed by atoms with van der Waals surface area (Å²) < 4.78 is 5.80. The molecule has 0 aliphatic carbocycles. The highest BCUT2D eigenvalue weighted by molar-refractivity contribution is 6.48. The van der Waals surface area contributed by atoms with E-state index < -0.39 is 0 Å². The van der Waals surface area contributed by atoms with E-state index in [4.69, 9.17) is 39.2 Å². The number of carbonyl (C=O) groups excluding carboxylic acids is 1. The van der Waals surface area contributed by atoms with E-state index in [1.165, 1.54) is 0 Å². The van der Waals surface area contributed by atoms with Crippen LogP contribution in [0.4, 0.5) is 0 Å². The highest BCUT2D eigenvalue weighted by atomic mass is 35.5. The van der Waals surface area contributed by atoms with Crippen LogP contribution in [0.5, 0.6) is 0 Å². The van der Waals surface area contributed by atoms with Crippen LogP contribution in [0.1, 0.15) is 30.1 Å². The van der Waals surface area contributed by atoms with Crippen LogP contribution in [-0.4, -0.2) is 28.9 Å². The Kier molecular flexibility index (Phi) is 5.06. The SMILES string of the molecule is CC1CCN(C(=O)c2ccc3oc(-c4cc(Cl)c(Cl)c(Cl)c4)nc3c2)CC1. The number of hydrogen-bond acceptors (Lipinski definition) is 3. The lowest BCUT2D eigenvalue weighted by Crippen LogP contribution is -2.37. The molecular formula is C20H17Cl3N2O2. The van der Waals surface area contributed by atoms with Crippen LogP contribution in [0.3, 0.4) is 0 Å². The lowest BCUT2D eigenvalue weighted by atomic mass is 9.98. The van der Waals surface area contributed by atoms with Crippen LogP contribution < -0.4 is 0 Å². The van der Waals surface area contributed by atoms with Crippen molar-refractivity contribution >= 4 is 51.8 Å². The van der Waals surface area contributed by atoms with Gasteiger partial charge in [0.2, 0.25) is 5.89 Å². The van der Waals surface area contributed by atoms with Crippen molar-refractivity contribution in [1.29, 1.82) is 0 Å². The molecule has 27 heavy (non-hydrogen) atoms. The van der Waals surface area contributed by atoms with E-state index in [1.54, 1.807) is 30.3 Å². The zero-order valence-electron chi connectivity index (χ0n) is 14.6. The molecule has 3 aromatic rings. The summed E-state index contributed by atoms with van der Waals surface area (Å²) in [5.74, 6) is 1.08. The minimum atomic E-state index is 0.0333. The van der Waals surface area contributed by atoms with Crippen molar-refractivity contribution in [1.82, 2.24) is 9.88 Å². The second-order valence-electron chi connectivity index (χ2n) is 6.93. The molecule has 1 amide bonds. The summed E-state index contributed by atoms with van der Waals surface area (Å²) in [4.78, 5) is 19.2. The van der Waals surface area contributed by atoms with E-state index in [1.807, 2.05) is 4.90 Å². The molecule has 0 radical (unpaired) electrons. The van der Waals surface area contributed by atoms with Gasteiger partial charge in [-0.1, -0.05) is 41.7 Å². The molecule has 1 saturated heterocycles. The van der Waals surface area contributed by atoms with Crippen molar-refractivity contribution in [3.63, 3.8) is 0 Å². The third-order valence-corrected chi connectivity index (χ3v) is 6.13. The Morgan fingerprint density at radius 3 is 2.44 bits per heavy atom. The average Bonchev–Trinajstić information content (AvgIpc) is 3.09. The van der Waals surface area contributed by atoms with Gasteiger partial charge in [0.25, 0.3) is 5.91 Å². The third-order valence-electron chi connectivity index (χ3n) is 4.94. The number of benzene rings is 2. The zero-order valence-corrected chi connectivity index (χ0v) is 16.9. The number of amides is 1. The highest BCUT2D eigenvalue weighted by Crippen LogP contribution is 2.35. The van der Waals surface area contributed by atoms with Gasteiger partial charge >= 0.3 is 0 Å². The lowest BCUT2D eigenvalue weighted by Gasteiger charge is -2.30. The Balaban J connectivity index is 1.65. The smallest absolute Gasteiger partial charge is 0.253 e. The lowest BCUT2D eigenvalue weighted by molar-refractivity contribution is 0.0697. The molecule has 0 saturated carbocycles. The zero-order chi connectivity index (χ0) is 19.1. The third kappa shape index (κ3) is 3.66. The molecule has 2 heterocycles. The summed E-state index contributed by atoms with van der Waals surface area (Å²) in [6, 6.07) is 8.62. The van der Waals surface area contributed by atoms with Gasteiger partial charge in [-0.05, 0) is 49.1 Å². The average molecular weight is 424 g/mol. The summed E-state index contributed by atoms with van der Waals surface area (Å²) >= 11 is 18.2. The van der Waals surface area contributed by atoms with Crippen molar-refractivity contribution in [2.45, 2.75) is 19.8 Å². The first kappa shape index (κ1) is 18.6. The number of likely N-dealkylation sites (tertiary alicyclic amines) is 1. The van der Waals surface area contributed by atoms with Gasteiger partial charge in [-0.2, -0.15) is 0 Å². The quantitative estimate of drug-likeness (QED) is 0.453. The number of aromatic nitrogens is 1. The van der Waals surface area contributed by atoms with Gasteiger partial charge in [0.1, 0.15) is 5.52 Å². The molecule has 0 spiro atoms. The van der Waals surface area contributed by atoms with E-state index in [9.17, 15) is 4.79 Å². The molecule has 2 aromatic carbocycles. The molecule has 1 aliphatic rings. The number of hydrogen-bond donors (Lipinski definition) is 0. The fraction of sp³-hybridized carbons (Fsp3) is 0.300. The van der Waals surface area contributed by atoms with E-state index in [0.29, 0.717) is 49.1 Å². The molecule has 140 valence electrons. The number of carbonyl (C=O) groups is 1. The summed E-state index contributed by atoms with van der Waals surface area (Å²) in [7, 11) is 0. The van der Waals surface area contributed by atoms with Gasteiger partial charge in [-0.25, -0.2) is 4.98 Å². The molecule has 0 atom stereocenters. The van der Waals surface area contributed by atoms with Crippen LogP contribution in [-0.2, 0) is 0 Å². The summed E-state index contributed by atoms with van der Waals surface area (Å²) in [5, 5.41) is 0.954. The molecule has 1 aromatic heterocycles. The minimum absolute atomic E-state index is 0.0333. The van der Waals surface area contributed by atoms with Crippen LogP contribution in [0.2, 0.25) is 15.1 Å². The van der Waals surface area contributed by atoms with Gasteiger partial charge in [-0.15, -0.1) is 0 Å². The number of nitrogens with zero attached hydrogens (tertiary/aromatic N) is 2. The van der Waals surface area contributed by atoms with E-state index >= 15 is 0 Å². The number of oxazole rings is 1. The molecule has 4 nitrogen and oxygen atoms in total. The number of rotatable bonds is 2. The maximum atomic E-state index is 12.8. The van der Waals surface area contributed by atoms with Crippen molar-refractivity contribution in [3.8, 4) is 11.5 Å². The maximum absolute atomic E-state index is 12.8. The first-order valence-electron chi connectivity index (χ1n) is 8.77. The normalized spacial score (nSPS) is 15.5. The number of piperidine rings is 1. The maximum Gasteiger partial charge on any atom is 0.253 e. The van der Waals surface area contributed by atoms with E-state index in [-0.39, 0.29) is 5.91 Å². The van der Waals surface area contributed by atoms with Gasteiger partial charge < -0.3 is 9.32 Å². The Morgan fingerprint density at radius 1 is 1.11 bits per heavy atom. The van der Waals surface area contributed by atoms with Gasteiger partial charge in [0.05, 0.1) is 15.1 Å². The molecule has 7 heteroatoms. The fourth-order valence-corrected chi connectivity index (χ4v) is 3.85. The molecule has 1 fully saturated rings. The first-order valence-corrected chi connectivity index (χ1v) is 9.90. The monoisotopic (exact) mass is 422 g/mol. The van der Waals surface area contributed by atoms with E-state index in [0.717, 1.165) is 25.9 Å². The highest BCUT2D eigenvalue weighted by Gasteiger charge is 2.22. The second kappa shape index (κ2) is 7.34. The largest absolute Gasteiger partial charge is 0.436 e. The Bertz CT molecular complexity index is 1000. The summed E-state index contributed by atoms with van der Waals surface area (Å²) in [5.41, 5.74) is 2.45. The molecule has 0 bridgehead atoms. The Morgan fingerprint density at radius 2 is 1.78 bits per heavy atom. The van der Waals surface area contributed by atoms with Crippen molar-refractivity contribution in [3.05, 3.63) is 51.0 Å². The summed E-state index contributed by atoms with van der Waals surface area (Å²) in [6.07, 6.45) is 2.08. The van der Waals surface area contributed by atoms with Crippen LogP contribution in [0, 0.1) is 5.92 Å². The predicted molar refractivity (Wildman–Crippen MR) is 109 cm³/mol. The Hall–Kier alpha value is -1.75. The minimum Gasteiger partial charge on any atom is -0.436 e. The van der Waals surface area contributed by atoms with Crippen LogP contribution in [0.25, 0.3) is 22.6 Å². The Labute approximate surface area is 172 Å².